The van der Waals surface area contributed by atoms with E-state index in [1.165, 1.54) is 4.90 Å². The average molecular weight is 335 g/mol. The standard InChI is InChI=1S/C18H25NO5/c1-5-23-13-8-6-7-12(9-13)14-10-19(11-15(14)16(20)21)17(22)24-18(2,3)4/h6-9,14-15H,5,10-11H2,1-4H3,(H,20,21). The lowest BCUT2D eigenvalue weighted by atomic mass is 9.89. The van der Waals surface area contributed by atoms with Crippen LogP contribution in [0, 0.1) is 5.92 Å². The minimum atomic E-state index is -0.909. The highest BCUT2D eigenvalue weighted by Crippen LogP contribution is 2.35. The summed E-state index contributed by atoms with van der Waals surface area (Å²) in [4.78, 5) is 25.4. The van der Waals surface area contributed by atoms with E-state index in [2.05, 4.69) is 0 Å². The van der Waals surface area contributed by atoms with E-state index >= 15 is 0 Å². The zero-order valence-corrected chi connectivity index (χ0v) is 14.6. The summed E-state index contributed by atoms with van der Waals surface area (Å²) in [5.41, 5.74) is 0.252. The van der Waals surface area contributed by atoms with Gasteiger partial charge in [0.25, 0.3) is 0 Å². The number of carboxylic acid groups (broad SMARTS) is 1. The van der Waals surface area contributed by atoms with Gasteiger partial charge in [-0.1, -0.05) is 12.1 Å². The molecule has 1 aliphatic heterocycles. The zero-order valence-electron chi connectivity index (χ0n) is 14.6. The van der Waals surface area contributed by atoms with Crippen LogP contribution in [0.15, 0.2) is 24.3 Å². The summed E-state index contributed by atoms with van der Waals surface area (Å²) in [7, 11) is 0. The van der Waals surface area contributed by atoms with Crippen LogP contribution in [0.3, 0.4) is 0 Å². The van der Waals surface area contributed by atoms with E-state index in [9.17, 15) is 14.7 Å². The molecule has 2 atom stereocenters. The summed E-state index contributed by atoms with van der Waals surface area (Å²) in [5, 5.41) is 9.54. The number of benzene rings is 1. The van der Waals surface area contributed by atoms with E-state index in [0.717, 1.165) is 5.56 Å². The number of hydrogen-bond donors (Lipinski definition) is 1. The number of rotatable bonds is 4. The van der Waals surface area contributed by atoms with Crippen LogP contribution in [-0.2, 0) is 9.53 Å². The van der Waals surface area contributed by atoms with Crippen LogP contribution < -0.4 is 4.74 Å². The van der Waals surface area contributed by atoms with Crippen molar-refractivity contribution in [1.82, 2.24) is 4.90 Å². The third kappa shape index (κ3) is 4.40. The van der Waals surface area contributed by atoms with Crippen LogP contribution in [0.1, 0.15) is 39.2 Å². The van der Waals surface area contributed by atoms with Crippen LogP contribution in [0.4, 0.5) is 4.79 Å². The zero-order chi connectivity index (χ0) is 17.9. The SMILES string of the molecule is CCOc1cccc(C2CN(C(=O)OC(C)(C)C)CC2C(=O)O)c1. The Morgan fingerprint density at radius 3 is 2.58 bits per heavy atom. The molecule has 0 aliphatic carbocycles. The summed E-state index contributed by atoms with van der Waals surface area (Å²) in [6.07, 6.45) is -0.475. The van der Waals surface area contributed by atoms with Crippen LogP contribution in [0.5, 0.6) is 5.75 Å². The molecule has 2 rings (SSSR count). The number of nitrogens with zero attached hydrogens (tertiary/aromatic N) is 1. The highest BCUT2D eigenvalue weighted by atomic mass is 16.6. The molecule has 1 aliphatic rings. The van der Waals surface area contributed by atoms with Crippen molar-refractivity contribution in [2.24, 2.45) is 5.92 Å². The van der Waals surface area contributed by atoms with E-state index in [1.807, 2.05) is 31.2 Å². The minimum absolute atomic E-state index is 0.147. The lowest BCUT2D eigenvalue weighted by Crippen LogP contribution is -2.35. The number of aliphatic carboxylic acids is 1. The molecule has 1 aromatic rings. The number of carbonyl (C=O) groups excluding carboxylic acids is 1. The van der Waals surface area contributed by atoms with Crippen molar-refractivity contribution in [3.63, 3.8) is 0 Å². The summed E-state index contributed by atoms with van der Waals surface area (Å²) < 4.78 is 10.9. The minimum Gasteiger partial charge on any atom is -0.494 e. The molecule has 6 nitrogen and oxygen atoms in total. The van der Waals surface area contributed by atoms with Crippen molar-refractivity contribution in [1.29, 1.82) is 0 Å². The van der Waals surface area contributed by atoms with Crippen molar-refractivity contribution in [3.05, 3.63) is 29.8 Å². The first-order valence-electron chi connectivity index (χ1n) is 8.14. The van der Waals surface area contributed by atoms with Crippen molar-refractivity contribution < 1.29 is 24.2 Å². The Hall–Kier alpha value is -2.24. The van der Waals surface area contributed by atoms with Gasteiger partial charge in [0, 0.05) is 19.0 Å². The molecule has 1 saturated heterocycles. The van der Waals surface area contributed by atoms with Gasteiger partial charge in [0.1, 0.15) is 11.4 Å². The predicted molar refractivity (Wildman–Crippen MR) is 89.3 cm³/mol. The van der Waals surface area contributed by atoms with Gasteiger partial charge >= 0.3 is 12.1 Å². The Bertz CT molecular complexity index is 608. The Kier molecular flexibility index (Phi) is 5.36. The second-order valence-electron chi connectivity index (χ2n) is 6.94. The molecule has 1 N–H and O–H groups in total. The number of hydrogen-bond acceptors (Lipinski definition) is 4. The van der Waals surface area contributed by atoms with Gasteiger partial charge in [-0.2, -0.15) is 0 Å². The molecule has 0 radical (unpaired) electrons. The maximum absolute atomic E-state index is 12.3. The summed E-state index contributed by atoms with van der Waals surface area (Å²) >= 11 is 0. The first kappa shape index (κ1) is 18.1. The highest BCUT2D eigenvalue weighted by molar-refractivity contribution is 5.76. The monoisotopic (exact) mass is 335 g/mol. The second-order valence-corrected chi connectivity index (χ2v) is 6.94. The Labute approximate surface area is 142 Å². The van der Waals surface area contributed by atoms with Gasteiger partial charge in [-0.25, -0.2) is 4.79 Å². The molecule has 24 heavy (non-hydrogen) atoms. The van der Waals surface area contributed by atoms with Crippen molar-refractivity contribution >= 4 is 12.1 Å². The first-order chi connectivity index (χ1) is 11.2. The first-order valence-corrected chi connectivity index (χ1v) is 8.14. The quantitative estimate of drug-likeness (QED) is 0.915. The van der Waals surface area contributed by atoms with Crippen molar-refractivity contribution in [2.45, 2.75) is 39.2 Å². The lowest BCUT2D eigenvalue weighted by Gasteiger charge is -2.24. The van der Waals surface area contributed by atoms with E-state index < -0.39 is 23.6 Å². The van der Waals surface area contributed by atoms with Crippen LogP contribution in [0.25, 0.3) is 0 Å². The second kappa shape index (κ2) is 7.11. The van der Waals surface area contributed by atoms with Gasteiger partial charge in [-0.3, -0.25) is 4.79 Å². The molecule has 1 amide bonds. The number of carboxylic acids is 1. The summed E-state index contributed by atoms with van der Waals surface area (Å²) in [6.45, 7) is 8.28. The molecule has 0 bridgehead atoms. The highest BCUT2D eigenvalue weighted by Gasteiger charge is 2.41. The maximum atomic E-state index is 12.3. The summed E-state index contributed by atoms with van der Waals surface area (Å²) in [6, 6.07) is 7.41. The molecule has 6 heteroatoms. The fourth-order valence-corrected chi connectivity index (χ4v) is 2.87. The maximum Gasteiger partial charge on any atom is 0.410 e. The van der Waals surface area contributed by atoms with Crippen LogP contribution >= 0.6 is 0 Å². The summed E-state index contributed by atoms with van der Waals surface area (Å²) in [5.74, 6) is -1.15. The van der Waals surface area contributed by atoms with Gasteiger partial charge in [-0.15, -0.1) is 0 Å². The Morgan fingerprint density at radius 1 is 1.29 bits per heavy atom. The van der Waals surface area contributed by atoms with Crippen molar-refractivity contribution in [3.8, 4) is 5.75 Å². The van der Waals surface area contributed by atoms with E-state index in [1.54, 1.807) is 20.8 Å². The molecule has 1 aromatic carbocycles. The molecule has 1 fully saturated rings. The van der Waals surface area contributed by atoms with Gasteiger partial charge in [-0.05, 0) is 45.4 Å². The topological polar surface area (TPSA) is 76.1 Å². The largest absolute Gasteiger partial charge is 0.494 e. The predicted octanol–water partition coefficient (Wildman–Crippen LogP) is 3.12. The third-order valence-corrected chi connectivity index (χ3v) is 3.89. The normalized spacial score (nSPS) is 20.8. The Balaban J connectivity index is 2.20. The molecule has 0 saturated carbocycles. The van der Waals surface area contributed by atoms with Gasteiger partial charge in [0.2, 0.25) is 0 Å². The lowest BCUT2D eigenvalue weighted by molar-refractivity contribution is -0.141. The Morgan fingerprint density at radius 2 is 2.00 bits per heavy atom. The number of amides is 1. The van der Waals surface area contributed by atoms with Gasteiger partial charge in [0.05, 0.1) is 12.5 Å². The molecule has 1 heterocycles. The fourth-order valence-electron chi connectivity index (χ4n) is 2.87. The van der Waals surface area contributed by atoms with E-state index in [0.29, 0.717) is 18.9 Å². The molecule has 132 valence electrons. The van der Waals surface area contributed by atoms with E-state index in [-0.39, 0.29) is 12.5 Å². The average Bonchev–Trinajstić information content (AvgIpc) is 2.91. The van der Waals surface area contributed by atoms with Crippen LogP contribution in [-0.4, -0.2) is 47.4 Å². The number of ether oxygens (including phenoxy) is 2. The smallest absolute Gasteiger partial charge is 0.410 e. The number of likely N-dealkylation sites (tertiary alicyclic amines) is 1. The van der Waals surface area contributed by atoms with Crippen LogP contribution in [0.2, 0.25) is 0 Å². The van der Waals surface area contributed by atoms with Gasteiger partial charge in [0.15, 0.2) is 0 Å². The molecular formula is C18H25NO5. The molecule has 0 spiro atoms. The molecule has 0 aromatic heterocycles. The number of carbonyl (C=O) groups is 2. The molecule has 2 unspecified atom stereocenters. The molecular weight excluding hydrogens is 310 g/mol. The van der Waals surface area contributed by atoms with Crippen molar-refractivity contribution in [2.75, 3.05) is 19.7 Å². The van der Waals surface area contributed by atoms with Gasteiger partial charge < -0.3 is 19.5 Å². The van der Waals surface area contributed by atoms with E-state index in [4.69, 9.17) is 9.47 Å². The fraction of sp³-hybridized carbons (Fsp3) is 0.556. The third-order valence-electron chi connectivity index (χ3n) is 3.89.